The molecule has 4 radical (unpaired) electrons. The Balaban J connectivity index is -0.0000000522. The van der Waals surface area contributed by atoms with Gasteiger partial charge in [0.15, 0.2) is 0 Å². The minimum atomic E-state index is -1.18. The SMILES string of the molecule is O=C([O-])C[S-].[CH2]CCC.[CH2]CCC.[Sn+2]. The Morgan fingerprint density at radius 3 is 1.36 bits per heavy atom. The zero-order valence-corrected chi connectivity index (χ0v) is 12.8. The van der Waals surface area contributed by atoms with Crippen LogP contribution in [0.3, 0.4) is 0 Å². The van der Waals surface area contributed by atoms with Gasteiger partial charge in [-0.1, -0.05) is 53.4 Å². The first-order valence-corrected chi connectivity index (χ1v) is 5.04. The van der Waals surface area contributed by atoms with E-state index in [1.54, 1.807) is 0 Å². The second kappa shape index (κ2) is 29.2. The molecule has 0 bridgehead atoms. The Morgan fingerprint density at radius 1 is 1.21 bits per heavy atom. The quantitative estimate of drug-likeness (QED) is 0.578. The third-order valence-corrected chi connectivity index (χ3v) is 1.06. The predicted octanol–water partition coefficient (Wildman–Crippen LogP) is 1.14. The van der Waals surface area contributed by atoms with E-state index in [1.165, 1.54) is 12.8 Å². The molecule has 0 aromatic carbocycles. The van der Waals surface area contributed by atoms with Crippen molar-refractivity contribution in [3.05, 3.63) is 13.8 Å². The summed E-state index contributed by atoms with van der Waals surface area (Å²) in [6.45, 7) is 11.4. The van der Waals surface area contributed by atoms with Crippen molar-refractivity contribution in [2.45, 2.75) is 39.5 Å². The van der Waals surface area contributed by atoms with Crippen molar-refractivity contribution in [1.29, 1.82) is 0 Å². The number of rotatable bonds is 3. The molecule has 82 valence electrons. The van der Waals surface area contributed by atoms with Crippen molar-refractivity contribution in [3.8, 4) is 0 Å². The molecule has 0 rings (SSSR count). The van der Waals surface area contributed by atoms with Gasteiger partial charge in [-0.05, 0) is 0 Å². The minimum absolute atomic E-state index is 0. The van der Waals surface area contributed by atoms with Crippen molar-refractivity contribution in [1.82, 2.24) is 0 Å². The van der Waals surface area contributed by atoms with Gasteiger partial charge >= 0.3 is 23.9 Å². The van der Waals surface area contributed by atoms with Crippen LogP contribution < -0.4 is 5.11 Å². The Labute approximate surface area is 111 Å². The van der Waals surface area contributed by atoms with Crippen molar-refractivity contribution < 1.29 is 9.90 Å². The number of carboxylic acids is 1. The fraction of sp³-hybridized carbons (Fsp3) is 0.700. The number of unbranched alkanes of at least 4 members (excludes halogenated alkanes) is 2. The Morgan fingerprint density at radius 2 is 1.36 bits per heavy atom. The zero-order valence-electron chi connectivity index (χ0n) is 9.17. The second-order valence-corrected chi connectivity index (χ2v) is 2.51. The van der Waals surface area contributed by atoms with Crippen molar-refractivity contribution in [2.75, 3.05) is 5.75 Å². The Kier molecular flexibility index (Phi) is 50.1. The van der Waals surface area contributed by atoms with Crippen molar-refractivity contribution in [3.63, 3.8) is 0 Å². The first-order valence-electron chi connectivity index (χ1n) is 4.46. The summed E-state index contributed by atoms with van der Waals surface area (Å²) in [6.07, 6.45) is 4.56. The third-order valence-electron chi connectivity index (χ3n) is 0.825. The average Bonchev–Trinajstić information content (AvgIpc) is 2.18. The fourth-order valence-electron chi connectivity index (χ4n) is 0. The smallest absolute Gasteiger partial charge is 0.787 e. The summed E-state index contributed by atoms with van der Waals surface area (Å²) in [5, 5.41) is 9.15. The summed E-state index contributed by atoms with van der Waals surface area (Å²) in [7, 11) is 0. The Hall–Kier alpha value is 0.619. The van der Waals surface area contributed by atoms with Gasteiger partial charge in [-0.15, -0.1) is 5.75 Å². The van der Waals surface area contributed by atoms with Gasteiger partial charge in [-0.3, -0.25) is 0 Å². The number of hydrogen-bond donors (Lipinski definition) is 0. The maximum absolute atomic E-state index is 9.15. The number of carbonyl (C=O) groups excluding carboxylic acids is 1. The molecule has 4 heteroatoms. The van der Waals surface area contributed by atoms with Crippen molar-refractivity contribution >= 4 is 42.5 Å². The molecule has 0 aliphatic carbocycles. The summed E-state index contributed by atoms with van der Waals surface area (Å²) in [4.78, 5) is 9.15. The number of hydrogen-bond acceptors (Lipinski definition) is 3. The zero-order chi connectivity index (χ0) is 11.1. The minimum Gasteiger partial charge on any atom is -0.787 e. The van der Waals surface area contributed by atoms with Gasteiger partial charge in [-0.2, -0.15) is 0 Å². The van der Waals surface area contributed by atoms with Crippen LogP contribution in [-0.2, 0) is 17.4 Å². The van der Waals surface area contributed by atoms with Crippen LogP contribution in [0, 0.1) is 13.8 Å². The van der Waals surface area contributed by atoms with Crippen LogP contribution >= 0.6 is 0 Å². The van der Waals surface area contributed by atoms with Crippen LogP contribution in [0.1, 0.15) is 39.5 Å². The first kappa shape index (κ1) is 24.0. The molecule has 0 aliphatic rings. The molecule has 0 aromatic heterocycles. The van der Waals surface area contributed by atoms with Crippen LogP contribution in [0.5, 0.6) is 0 Å². The monoisotopic (exact) mass is 324 g/mol. The van der Waals surface area contributed by atoms with E-state index in [9.17, 15) is 0 Å². The van der Waals surface area contributed by atoms with Gasteiger partial charge in [-0.25, -0.2) is 0 Å². The first-order chi connectivity index (χ1) is 6.10. The molecule has 0 saturated heterocycles. The fourth-order valence-corrected chi connectivity index (χ4v) is 0. The molecule has 0 amide bonds. The third kappa shape index (κ3) is 79.9. The largest absolute Gasteiger partial charge is 2.00 e. The molecule has 2 nitrogen and oxygen atoms in total. The number of carbonyl (C=O) groups is 1. The number of carboxylic acid groups (broad SMARTS) is 1. The molecule has 0 fully saturated rings. The Bertz CT molecular complexity index is 82.2. The van der Waals surface area contributed by atoms with Gasteiger partial charge in [0, 0.05) is 5.97 Å². The topological polar surface area (TPSA) is 40.1 Å². The summed E-state index contributed by atoms with van der Waals surface area (Å²) < 4.78 is 0. The van der Waals surface area contributed by atoms with Gasteiger partial charge in [0.25, 0.3) is 0 Å². The molecule has 0 heterocycles. The number of aliphatic carboxylic acids is 1. The van der Waals surface area contributed by atoms with E-state index in [1.807, 2.05) is 0 Å². The molecule has 0 unspecified atom stereocenters. The standard InChI is InChI=1S/2C4H9.C2H4O2S.Sn/c2*1-3-4-2;3-2(4)1-5;/h2*1,3-4H2,2H3;5H,1H2,(H,3,4);/q;;;+2/p-2. The van der Waals surface area contributed by atoms with Crippen LogP contribution in [-0.4, -0.2) is 35.6 Å². The van der Waals surface area contributed by atoms with E-state index in [4.69, 9.17) is 9.90 Å². The molecule has 0 saturated carbocycles. The average molecular weight is 323 g/mol. The van der Waals surface area contributed by atoms with Gasteiger partial charge in [0.1, 0.15) is 0 Å². The van der Waals surface area contributed by atoms with E-state index in [-0.39, 0.29) is 29.7 Å². The summed E-state index contributed by atoms with van der Waals surface area (Å²) in [6, 6.07) is 0. The van der Waals surface area contributed by atoms with E-state index in [2.05, 4.69) is 40.3 Å². The van der Waals surface area contributed by atoms with Crippen LogP contribution in [0.25, 0.3) is 0 Å². The maximum Gasteiger partial charge on any atom is 2.00 e. The van der Waals surface area contributed by atoms with E-state index >= 15 is 0 Å². The summed E-state index contributed by atoms with van der Waals surface area (Å²) >= 11 is 4.01. The molecular formula is C10H20O2SSn. The van der Waals surface area contributed by atoms with E-state index in [0.29, 0.717) is 0 Å². The summed E-state index contributed by atoms with van der Waals surface area (Å²) in [5.41, 5.74) is 0. The molecule has 14 heavy (non-hydrogen) atoms. The molecule has 0 aromatic rings. The molecule has 0 spiro atoms. The van der Waals surface area contributed by atoms with E-state index < -0.39 is 5.97 Å². The van der Waals surface area contributed by atoms with Gasteiger partial charge in [0.05, 0.1) is 0 Å². The normalized spacial score (nSPS) is 6.93. The molecule has 0 atom stereocenters. The van der Waals surface area contributed by atoms with Gasteiger partial charge in [0.2, 0.25) is 0 Å². The van der Waals surface area contributed by atoms with Crippen LogP contribution in [0.2, 0.25) is 0 Å². The molecular weight excluding hydrogens is 303 g/mol. The molecule has 0 N–H and O–H groups in total. The predicted molar refractivity (Wildman–Crippen MR) is 63.5 cm³/mol. The second-order valence-electron chi connectivity index (χ2n) is 2.22. The summed E-state index contributed by atoms with van der Waals surface area (Å²) in [5.74, 6) is -1.49. The van der Waals surface area contributed by atoms with Crippen LogP contribution in [0.4, 0.5) is 0 Å². The van der Waals surface area contributed by atoms with Crippen molar-refractivity contribution in [2.24, 2.45) is 0 Å². The maximum atomic E-state index is 9.15. The van der Waals surface area contributed by atoms with Crippen LogP contribution in [0.15, 0.2) is 0 Å². The van der Waals surface area contributed by atoms with Gasteiger partial charge < -0.3 is 22.5 Å². The van der Waals surface area contributed by atoms with E-state index in [0.717, 1.165) is 12.8 Å². The molecule has 0 aliphatic heterocycles.